The number of Topliss-reactive ketones (excluding diaryl/α,β-unsaturated/α-hetero) is 1. The zero-order chi connectivity index (χ0) is 16.9. The molecule has 1 aromatic heterocycles. The van der Waals surface area contributed by atoms with E-state index in [2.05, 4.69) is 15.3 Å². The summed E-state index contributed by atoms with van der Waals surface area (Å²) in [7, 11) is 0. The minimum Gasteiger partial charge on any atom is -0.349 e. The van der Waals surface area contributed by atoms with Crippen molar-refractivity contribution >= 4 is 22.7 Å². The summed E-state index contributed by atoms with van der Waals surface area (Å²) in [5.41, 5.74) is 3.41. The number of benzene rings is 2. The molecule has 0 aliphatic rings. The number of carbonyl (C=O) groups excluding carboxylic acids is 2. The number of aryl methyl sites for hydroxylation is 2. The molecule has 2 N–H and O–H groups in total. The van der Waals surface area contributed by atoms with Crippen LogP contribution in [0.25, 0.3) is 11.0 Å². The van der Waals surface area contributed by atoms with E-state index in [4.69, 9.17) is 0 Å². The molecule has 0 saturated carbocycles. The number of H-pyrrole nitrogens is 1. The molecule has 24 heavy (non-hydrogen) atoms. The lowest BCUT2D eigenvalue weighted by Gasteiger charge is -2.04. The molecule has 0 aliphatic carbocycles. The molecule has 0 radical (unpaired) electrons. The molecule has 2 aromatic carbocycles. The highest BCUT2D eigenvalue weighted by atomic mass is 16.2. The summed E-state index contributed by atoms with van der Waals surface area (Å²) < 4.78 is 0. The van der Waals surface area contributed by atoms with Crippen molar-refractivity contribution < 1.29 is 9.59 Å². The Morgan fingerprint density at radius 3 is 2.58 bits per heavy atom. The molecule has 0 bridgehead atoms. The molecule has 0 fully saturated rings. The van der Waals surface area contributed by atoms with E-state index in [1.54, 1.807) is 12.1 Å². The Kier molecular flexibility index (Phi) is 4.70. The Hall–Kier alpha value is -2.95. The fourth-order valence-corrected chi connectivity index (χ4v) is 2.50. The van der Waals surface area contributed by atoms with Gasteiger partial charge in [-0.05, 0) is 25.5 Å². The van der Waals surface area contributed by atoms with Crippen molar-refractivity contribution in [1.82, 2.24) is 15.3 Å². The second-order valence-electron chi connectivity index (χ2n) is 5.76. The minimum absolute atomic E-state index is 0.412. The van der Waals surface area contributed by atoms with Gasteiger partial charge in [0.25, 0.3) is 5.91 Å². The number of hydrogen-bond donors (Lipinski definition) is 2. The third-order valence-electron chi connectivity index (χ3n) is 3.83. The number of para-hydroxylation sites is 2. The Morgan fingerprint density at radius 1 is 1.08 bits per heavy atom. The molecule has 1 amide bonds. The molecule has 5 heteroatoms. The van der Waals surface area contributed by atoms with Crippen LogP contribution >= 0.6 is 0 Å². The highest BCUT2D eigenvalue weighted by molar-refractivity contribution is 6.42. The van der Waals surface area contributed by atoms with Crippen molar-refractivity contribution in [2.24, 2.45) is 0 Å². The highest BCUT2D eigenvalue weighted by Crippen LogP contribution is 2.11. The summed E-state index contributed by atoms with van der Waals surface area (Å²) in [5.74, 6) is -0.183. The average molecular weight is 321 g/mol. The molecule has 0 aliphatic heterocycles. The number of fused-ring (bicyclic) bond motifs is 1. The van der Waals surface area contributed by atoms with E-state index in [1.165, 1.54) is 0 Å². The van der Waals surface area contributed by atoms with Gasteiger partial charge in [-0.25, -0.2) is 4.98 Å². The molecule has 0 atom stereocenters. The van der Waals surface area contributed by atoms with Gasteiger partial charge in [0.1, 0.15) is 5.82 Å². The standard InChI is InChI=1S/C19H19N3O2/c1-13-8-10-14(11-9-13)18(23)19(24)20-12-4-7-17-21-15-5-2-3-6-16(15)22-17/h2-3,5-6,8-11H,4,7,12H2,1H3,(H,20,24)(H,21,22). The first-order valence-corrected chi connectivity index (χ1v) is 7.96. The predicted octanol–water partition coefficient (Wildman–Crippen LogP) is 2.80. The number of rotatable bonds is 6. The van der Waals surface area contributed by atoms with Gasteiger partial charge in [0.05, 0.1) is 11.0 Å². The smallest absolute Gasteiger partial charge is 0.292 e. The van der Waals surface area contributed by atoms with Crippen molar-refractivity contribution in [1.29, 1.82) is 0 Å². The summed E-state index contributed by atoms with van der Waals surface area (Å²) in [6.45, 7) is 2.37. The molecule has 0 unspecified atom stereocenters. The average Bonchev–Trinajstić information content (AvgIpc) is 3.01. The van der Waals surface area contributed by atoms with Gasteiger partial charge in [0.15, 0.2) is 0 Å². The van der Waals surface area contributed by atoms with Crippen molar-refractivity contribution in [2.45, 2.75) is 19.8 Å². The third kappa shape index (κ3) is 3.68. The zero-order valence-corrected chi connectivity index (χ0v) is 13.5. The second kappa shape index (κ2) is 7.08. The van der Waals surface area contributed by atoms with Crippen LogP contribution in [0.5, 0.6) is 0 Å². The number of ketones is 1. The summed E-state index contributed by atoms with van der Waals surface area (Å²) in [4.78, 5) is 31.6. The number of nitrogens with one attached hydrogen (secondary N) is 2. The number of imidazole rings is 1. The van der Waals surface area contributed by atoms with Crippen LogP contribution in [0, 0.1) is 6.92 Å². The van der Waals surface area contributed by atoms with E-state index in [9.17, 15) is 9.59 Å². The van der Waals surface area contributed by atoms with E-state index in [0.717, 1.165) is 22.4 Å². The molecule has 3 aromatic rings. The summed E-state index contributed by atoms with van der Waals surface area (Å²) >= 11 is 0. The molecule has 122 valence electrons. The first-order chi connectivity index (χ1) is 11.6. The number of aromatic amines is 1. The van der Waals surface area contributed by atoms with Crippen molar-refractivity contribution in [3.05, 3.63) is 65.5 Å². The highest BCUT2D eigenvalue weighted by Gasteiger charge is 2.15. The lowest BCUT2D eigenvalue weighted by molar-refractivity contribution is -0.117. The Bertz CT molecular complexity index is 833. The van der Waals surface area contributed by atoms with E-state index in [-0.39, 0.29) is 0 Å². The van der Waals surface area contributed by atoms with Crippen molar-refractivity contribution in [2.75, 3.05) is 6.54 Å². The van der Waals surface area contributed by atoms with Gasteiger partial charge in [-0.1, -0.05) is 42.0 Å². The topological polar surface area (TPSA) is 74.8 Å². The second-order valence-corrected chi connectivity index (χ2v) is 5.76. The molecular formula is C19H19N3O2. The van der Waals surface area contributed by atoms with E-state index >= 15 is 0 Å². The Morgan fingerprint density at radius 2 is 1.83 bits per heavy atom. The van der Waals surface area contributed by atoms with E-state index < -0.39 is 11.7 Å². The minimum atomic E-state index is -0.566. The van der Waals surface area contributed by atoms with Gasteiger partial charge < -0.3 is 10.3 Å². The Labute approximate surface area is 140 Å². The van der Waals surface area contributed by atoms with Gasteiger partial charge in [-0.15, -0.1) is 0 Å². The van der Waals surface area contributed by atoms with E-state index in [1.807, 2.05) is 43.3 Å². The van der Waals surface area contributed by atoms with Crippen LogP contribution in [0.2, 0.25) is 0 Å². The molecule has 5 nitrogen and oxygen atoms in total. The van der Waals surface area contributed by atoms with Crippen LogP contribution in [-0.2, 0) is 11.2 Å². The van der Waals surface area contributed by atoms with Gasteiger partial charge in [0, 0.05) is 18.5 Å². The number of amides is 1. The number of hydrogen-bond acceptors (Lipinski definition) is 3. The largest absolute Gasteiger partial charge is 0.349 e. The van der Waals surface area contributed by atoms with Crippen LogP contribution in [0.3, 0.4) is 0 Å². The summed E-state index contributed by atoms with van der Waals surface area (Å²) in [6.07, 6.45) is 1.43. The van der Waals surface area contributed by atoms with Gasteiger partial charge in [-0.2, -0.15) is 0 Å². The van der Waals surface area contributed by atoms with Gasteiger partial charge >= 0.3 is 0 Å². The predicted molar refractivity (Wildman–Crippen MR) is 92.9 cm³/mol. The fraction of sp³-hybridized carbons (Fsp3) is 0.211. The molecule has 0 spiro atoms. The third-order valence-corrected chi connectivity index (χ3v) is 3.83. The van der Waals surface area contributed by atoms with Crippen molar-refractivity contribution in [3.8, 4) is 0 Å². The fourth-order valence-electron chi connectivity index (χ4n) is 2.50. The molecule has 0 saturated heterocycles. The maximum absolute atomic E-state index is 12.0. The van der Waals surface area contributed by atoms with Crippen LogP contribution in [0.4, 0.5) is 0 Å². The van der Waals surface area contributed by atoms with Crippen LogP contribution < -0.4 is 5.32 Å². The molecule has 1 heterocycles. The first kappa shape index (κ1) is 15.9. The lowest BCUT2D eigenvalue weighted by atomic mass is 10.1. The quantitative estimate of drug-likeness (QED) is 0.416. The lowest BCUT2D eigenvalue weighted by Crippen LogP contribution is -2.32. The first-order valence-electron chi connectivity index (χ1n) is 7.96. The number of carbonyl (C=O) groups is 2. The van der Waals surface area contributed by atoms with Crippen LogP contribution in [0.15, 0.2) is 48.5 Å². The number of aromatic nitrogens is 2. The number of nitrogens with zero attached hydrogens (tertiary/aromatic N) is 1. The van der Waals surface area contributed by atoms with Gasteiger partial charge in [-0.3, -0.25) is 9.59 Å². The molecular weight excluding hydrogens is 302 g/mol. The van der Waals surface area contributed by atoms with Crippen LogP contribution in [-0.4, -0.2) is 28.2 Å². The zero-order valence-electron chi connectivity index (χ0n) is 13.5. The monoisotopic (exact) mass is 321 g/mol. The Balaban J connectivity index is 1.48. The summed E-state index contributed by atoms with van der Waals surface area (Å²) in [5, 5.41) is 2.67. The summed E-state index contributed by atoms with van der Waals surface area (Å²) in [6, 6.07) is 14.8. The van der Waals surface area contributed by atoms with Crippen molar-refractivity contribution in [3.63, 3.8) is 0 Å². The maximum Gasteiger partial charge on any atom is 0.292 e. The maximum atomic E-state index is 12.0. The van der Waals surface area contributed by atoms with E-state index in [0.29, 0.717) is 24.9 Å². The SMILES string of the molecule is Cc1ccc(C(=O)C(=O)NCCCc2nc3ccccc3[nH]2)cc1. The van der Waals surface area contributed by atoms with Crippen LogP contribution in [0.1, 0.15) is 28.2 Å². The normalized spacial score (nSPS) is 10.7. The van der Waals surface area contributed by atoms with Gasteiger partial charge in [0.2, 0.25) is 5.78 Å². The molecule has 3 rings (SSSR count).